The van der Waals surface area contributed by atoms with E-state index in [1.54, 1.807) is 13.4 Å². The van der Waals surface area contributed by atoms with Gasteiger partial charge in [0, 0.05) is 12.1 Å². The topological polar surface area (TPSA) is 68.1 Å². The van der Waals surface area contributed by atoms with Gasteiger partial charge >= 0.3 is 0 Å². The van der Waals surface area contributed by atoms with Crippen molar-refractivity contribution in [2.75, 3.05) is 13.7 Å². The summed E-state index contributed by atoms with van der Waals surface area (Å²) in [4.78, 5) is 11.9. The van der Waals surface area contributed by atoms with E-state index in [-0.39, 0.29) is 11.9 Å². The molecule has 0 saturated carbocycles. The van der Waals surface area contributed by atoms with Crippen molar-refractivity contribution in [1.82, 2.24) is 5.32 Å². The monoisotopic (exact) mass is 289 g/mol. The summed E-state index contributed by atoms with van der Waals surface area (Å²) in [6, 6.07) is 11.5. The van der Waals surface area contributed by atoms with Crippen molar-refractivity contribution in [1.29, 1.82) is 0 Å². The van der Waals surface area contributed by atoms with Crippen LogP contribution in [0.4, 0.5) is 0 Å². The largest absolute Gasteiger partial charge is 0.496 e. The summed E-state index contributed by atoms with van der Waals surface area (Å²) in [6.07, 6.45) is 1.64. The normalized spacial score (nSPS) is 11.9. The molecule has 0 saturated heterocycles. The van der Waals surface area contributed by atoms with Gasteiger partial charge in [-0.2, -0.15) is 0 Å². The highest BCUT2D eigenvalue weighted by atomic mass is 16.5. The lowest BCUT2D eigenvalue weighted by Gasteiger charge is -2.10. The number of ether oxygens (including phenoxy) is 1. The van der Waals surface area contributed by atoms with Crippen molar-refractivity contribution >= 4 is 5.91 Å². The molecule has 2 rings (SSSR count). The van der Waals surface area contributed by atoms with Crippen molar-refractivity contribution in [2.45, 2.75) is 19.5 Å². The Labute approximate surface area is 124 Å². The molecule has 0 aliphatic heterocycles. The van der Waals surface area contributed by atoms with Crippen LogP contribution in [0.2, 0.25) is 0 Å². The van der Waals surface area contributed by atoms with Gasteiger partial charge < -0.3 is 19.8 Å². The van der Waals surface area contributed by atoms with Gasteiger partial charge in [0.1, 0.15) is 11.8 Å². The number of methoxy groups -OCH3 is 1. The number of carbonyl (C=O) groups is 1. The summed E-state index contributed by atoms with van der Waals surface area (Å²) in [5.41, 5.74) is 0.965. The predicted molar refractivity (Wildman–Crippen MR) is 78.8 cm³/mol. The molecule has 0 aliphatic rings. The second-order valence-corrected chi connectivity index (χ2v) is 4.83. The molecule has 5 nitrogen and oxygen atoms in total. The summed E-state index contributed by atoms with van der Waals surface area (Å²) < 4.78 is 10.6. The summed E-state index contributed by atoms with van der Waals surface area (Å²) in [7, 11) is 1.62. The maximum absolute atomic E-state index is 11.9. The van der Waals surface area contributed by atoms with E-state index in [9.17, 15) is 4.79 Å². The van der Waals surface area contributed by atoms with E-state index in [1.807, 2.05) is 48.6 Å². The number of furan rings is 1. The Bertz CT molecular complexity index is 567. The minimum absolute atomic E-state index is 0.0145. The number of para-hydroxylation sites is 1. The average molecular weight is 289 g/mol. The molecule has 1 atom stereocenters. The van der Waals surface area contributed by atoms with E-state index < -0.39 is 0 Å². The quantitative estimate of drug-likeness (QED) is 0.805. The first-order valence-corrected chi connectivity index (χ1v) is 6.96. The second kappa shape index (κ2) is 7.50. The van der Waals surface area contributed by atoms with Crippen molar-refractivity contribution in [3.05, 3.63) is 54.0 Å². The molecule has 0 spiro atoms. The highest BCUT2D eigenvalue weighted by Crippen LogP contribution is 2.16. The Morgan fingerprint density at radius 3 is 2.86 bits per heavy atom. The van der Waals surface area contributed by atoms with Crippen LogP contribution in [0.15, 0.2) is 47.1 Å². The van der Waals surface area contributed by atoms with Gasteiger partial charge in [-0.25, -0.2) is 0 Å². The zero-order valence-electron chi connectivity index (χ0n) is 12.3. The third-order valence-electron chi connectivity index (χ3n) is 3.32. The standard InChI is InChI=1S/C16H20N2O3/c1-12(14-8-5-9-21-14)17-11-16(19)18-10-13-6-3-4-7-15(13)20-2/h3-9,12,17H,10-11H2,1-2H3,(H,18,19)/p+1/t12-/m1/s1. The molecule has 0 bridgehead atoms. The second-order valence-electron chi connectivity index (χ2n) is 4.83. The van der Waals surface area contributed by atoms with Crippen molar-refractivity contribution < 1.29 is 19.3 Å². The van der Waals surface area contributed by atoms with Crippen LogP contribution in [0.1, 0.15) is 24.3 Å². The molecular formula is C16H21N2O3+. The van der Waals surface area contributed by atoms with E-state index in [2.05, 4.69) is 5.32 Å². The van der Waals surface area contributed by atoms with E-state index in [1.165, 1.54) is 0 Å². The fourth-order valence-corrected chi connectivity index (χ4v) is 2.07. The molecule has 0 radical (unpaired) electrons. The number of benzene rings is 1. The summed E-state index contributed by atoms with van der Waals surface area (Å²) in [5.74, 6) is 1.64. The SMILES string of the molecule is COc1ccccc1CNC(=O)C[NH2+][C@H](C)c1ccco1. The van der Waals surface area contributed by atoms with E-state index in [0.29, 0.717) is 13.1 Å². The van der Waals surface area contributed by atoms with Crippen LogP contribution in [-0.2, 0) is 11.3 Å². The molecule has 5 heteroatoms. The lowest BCUT2D eigenvalue weighted by molar-refractivity contribution is -0.684. The molecule has 0 aliphatic carbocycles. The van der Waals surface area contributed by atoms with Crippen LogP contribution in [-0.4, -0.2) is 19.6 Å². The van der Waals surface area contributed by atoms with Crippen molar-refractivity contribution in [3.63, 3.8) is 0 Å². The molecule has 1 aromatic heterocycles. The third-order valence-corrected chi connectivity index (χ3v) is 3.32. The molecule has 1 aromatic carbocycles. The van der Waals surface area contributed by atoms with Crippen LogP contribution in [0.5, 0.6) is 5.75 Å². The van der Waals surface area contributed by atoms with E-state index in [0.717, 1.165) is 17.1 Å². The lowest BCUT2D eigenvalue weighted by atomic mass is 10.2. The van der Waals surface area contributed by atoms with Crippen molar-refractivity contribution in [2.24, 2.45) is 0 Å². The Hall–Kier alpha value is -2.27. The first kappa shape index (κ1) is 15.1. The van der Waals surface area contributed by atoms with Crippen LogP contribution in [0.25, 0.3) is 0 Å². The van der Waals surface area contributed by atoms with Gasteiger partial charge in [-0.3, -0.25) is 4.79 Å². The zero-order chi connectivity index (χ0) is 15.1. The Balaban J connectivity index is 1.77. The van der Waals surface area contributed by atoms with Gasteiger partial charge in [-0.05, 0) is 25.1 Å². The van der Waals surface area contributed by atoms with E-state index >= 15 is 0 Å². The first-order chi connectivity index (χ1) is 10.2. The fraction of sp³-hybridized carbons (Fsp3) is 0.312. The summed E-state index contributed by atoms with van der Waals surface area (Å²) >= 11 is 0. The molecule has 1 amide bonds. The zero-order valence-corrected chi connectivity index (χ0v) is 12.3. The highest BCUT2D eigenvalue weighted by Gasteiger charge is 2.13. The van der Waals surface area contributed by atoms with Crippen LogP contribution >= 0.6 is 0 Å². The van der Waals surface area contributed by atoms with Gasteiger partial charge in [0.15, 0.2) is 12.3 Å². The summed E-state index contributed by atoms with van der Waals surface area (Å²) in [5, 5.41) is 4.83. The number of quaternary nitrogens is 1. The average Bonchev–Trinajstić information content (AvgIpc) is 3.05. The maximum atomic E-state index is 11.9. The Morgan fingerprint density at radius 2 is 2.14 bits per heavy atom. The van der Waals surface area contributed by atoms with Crippen molar-refractivity contribution in [3.8, 4) is 5.75 Å². The molecule has 2 aromatic rings. The molecule has 0 fully saturated rings. The van der Waals surface area contributed by atoms with Crippen LogP contribution < -0.4 is 15.4 Å². The van der Waals surface area contributed by atoms with Gasteiger partial charge in [-0.15, -0.1) is 0 Å². The van der Waals surface area contributed by atoms with Crippen LogP contribution in [0.3, 0.4) is 0 Å². The Morgan fingerprint density at radius 1 is 1.33 bits per heavy atom. The minimum Gasteiger partial charge on any atom is -0.496 e. The molecule has 1 heterocycles. The lowest BCUT2D eigenvalue weighted by Crippen LogP contribution is -2.86. The molecule has 21 heavy (non-hydrogen) atoms. The van der Waals surface area contributed by atoms with Gasteiger partial charge in [-0.1, -0.05) is 18.2 Å². The fourth-order valence-electron chi connectivity index (χ4n) is 2.07. The number of nitrogens with two attached hydrogens (primary N) is 1. The maximum Gasteiger partial charge on any atom is 0.275 e. The number of hydrogen-bond donors (Lipinski definition) is 2. The summed E-state index contributed by atoms with van der Waals surface area (Å²) in [6.45, 7) is 2.83. The molecule has 112 valence electrons. The molecule has 3 N–H and O–H groups in total. The first-order valence-electron chi connectivity index (χ1n) is 6.96. The van der Waals surface area contributed by atoms with Gasteiger partial charge in [0.05, 0.1) is 13.4 Å². The minimum atomic E-state index is -0.0145. The third kappa shape index (κ3) is 4.36. The van der Waals surface area contributed by atoms with Gasteiger partial charge in [0.25, 0.3) is 5.91 Å². The smallest absolute Gasteiger partial charge is 0.275 e. The number of amides is 1. The number of rotatable bonds is 7. The van der Waals surface area contributed by atoms with Gasteiger partial charge in [0.2, 0.25) is 0 Å². The molecule has 0 unspecified atom stereocenters. The predicted octanol–water partition coefficient (Wildman–Crippen LogP) is 1.23. The number of hydrogen-bond acceptors (Lipinski definition) is 3. The Kier molecular flexibility index (Phi) is 5.40. The number of nitrogens with one attached hydrogen (secondary N) is 1. The highest BCUT2D eigenvalue weighted by molar-refractivity contribution is 5.76. The molecular weight excluding hydrogens is 268 g/mol. The van der Waals surface area contributed by atoms with E-state index in [4.69, 9.17) is 9.15 Å². The van der Waals surface area contributed by atoms with Crippen LogP contribution in [0, 0.1) is 0 Å². The number of carbonyl (C=O) groups excluding carboxylic acids is 1.